The minimum absolute atomic E-state index is 0.118. The lowest BCUT2D eigenvalue weighted by molar-refractivity contribution is 0.120. The SMILES string of the molecule is CCCN1CCN(c2ccc(Nc3ccc(-c4ccnc(OC)c4)n4ccnc34)cc2)CC1.CCN1CCN(c2ccc(Nc3ccc(-c4ccnc(OC)c4)n4ccnc34)cc2)CC1.O=c1cc(-c2ccc(Nc3ccc(N4CCN(C5CCC5)CC4)cc3)c3nccn23)cc[nH]1. The monoisotopic (exact) mass is 1310 g/mol. The van der Waals surface area contributed by atoms with E-state index in [0.29, 0.717) is 11.8 Å². The Balaban J connectivity index is 0.000000126. The van der Waals surface area contributed by atoms with Crippen LogP contribution in [0.5, 0.6) is 11.8 Å². The normalized spacial score (nSPS) is 15.5. The smallest absolute Gasteiger partial charge is 0.248 e. The maximum Gasteiger partial charge on any atom is 0.248 e. The lowest BCUT2D eigenvalue weighted by Gasteiger charge is -2.43. The Hall–Kier alpha value is -10.7. The van der Waals surface area contributed by atoms with Crippen molar-refractivity contribution in [1.82, 2.24) is 57.8 Å². The Morgan fingerprint density at radius 3 is 1.20 bits per heavy atom. The van der Waals surface area contributed by atoms with Gasteiger partial charge >= 0.3 is 0 Å². The molecule has 0 bridgehead atoms. The predicted octanol–water partition coefficient (Wildman–Crippen LogP) is 13.1. The van der Waals surface area contributed by atoms with Gasteiger partial charge in [-0.2, -0.15) is 0 Å². The van der Waals surface area contributed by atoms with Crippen LogP contribution >= 0.6 is 0 Å². The lowest BCUT2D eigenvalue weighted by Crippen LogP contribution is -2.52. The second-order valence-corrected chi connectivity index (χ2v) is 25.2. The summed E-state index contributed by atoms with van der Waals surface area (Å²) < 4.78 is 16.7. The van der Waals surface area contributed by atoms with Crippen molar-refractivity contribution >= 4 is 68.1 Å². The Morgan fingerprint density at radius 2 is 0.837 bits per heavy atom. The van der Waals surface area contributed by atoms with Crippen LogP contribution in [0.25, 0.3) is 50.7 Å². The van der Waals surface area contributed by atoms with Crippen LogP contribution in [0, 0.1) is 0 Å². The summed E-state index contributed by atoms with van der Waals surface area (Å²) in [7, 11) is 3.26. The van der Waals surface area contributed by atoms with E-state index >= 15 is 0 Å². The van der Waals surface area contributed by atoms with E-state index in [9.17, 15) is 4.79 Å². The molecule has 0 spiro atoms. The molecular weight excluding hydrogens is 1220 g/mol. The van der Waals surface area contributed by atoms with Gasteiger partial charge in [0.25, 0.3) is 0 Å². The summed E-state index contributed by atoms with van der Waals surface area (Å²) in [6, 6.07) is 50.6. The molecule has 3 aliphatic heterocycles. The van der Waals surface area contributed by atoms with Gasteiger partial charge in [0, 0.05) is 209 Å². The van der Waals surface area contributed by atoms with Gasteiger partial charge in [-0.25, -0.2) is 24.9 Å². The molecule has 21 heteroatoms. The first-order chi connectivity index (χ1) is 48.2. The van der Waals surface area contributed by atoms with Crippen LogP contribution in [0.1, 0.15) is 39.5 Å². The molecule has 502 valence electrons. The number of aromatic nitrogens is 9. The zero-order chi connectivity index (χ0) is 66.7. The predicted molar refractivity (Wildman–Crippen MR) is 395 cm³/mol. The molecule has 9 aromatic heterocycles. The van der Waals surface area contributed by atoms with Crippen molar-refractivity contribution in [3.05, 3.63) is 212 Å². The number of ether oxygens (including phenoxy) is 2. The van der Waals surface area contributed by atoms with Crippen molar-refractivity contribution < 1.29 is 9.47 Å². The molecule has 1 saturated carbocycles. The van der Waals surface area contributed by atoms with E-state index in [1.165, 1.54) is 62.4 Å². The van der Waals surface area contributed by atoms with Crippen LogP contribution < -0.4 is 45.7 Å². The number of rotatable bonds is 18. The summed E-state index contributed by atoms with van der Waals surface area (Å²) in [6.07, 6.45) is 21.9. The first kappa shape index (κ1) is 64.6. The first-order valence-corrected chi connectivity index (χ1v) is 34.4. The zero-order valence-electron chi connectivity index (χ0n) is 56.3. The number of H-pyrrole nitrogens is 1. The van der Waals surface area contributed by atoms with Crippen molar-refractivity contribution in [2.24, 2.45) is 0 Å². The Labute approximate surface area is 572 Å². The van der Waals surface area contributed by atoms with Gasteiger partial charge in [-0.15, -0.1) is 0 Å². The molecule has 12 aromatic rings. The molecule has 0 amide bonds. The number of nitrogens with one attached hydrogen (secondary N) is 4. The molecular formula is C77H86N18O3. The first-order valence-electron chi connectivity index (χ1n) is 34.4. The molecule has 0 radical (unpaired) electrons. The van der Waals surface area contributed by atoms with Crippen LogP contribution in [0.2, 0.25) is 0 Å². The van der Waals surface area contributed by atoms with E-state index in [2.05, 4.69) is 195 Å². The van der Waals surface area contributed by atoms with Crippen molar-refractivity contribution in [2.75, 3.05) is 136 Å². The second kappa shape index (κ2) is 30.1. The lowest BCUT2D eigenvalue weighted by atomic mass is 9.91. The van der Waals surface area contributed by atoms with Crippen molar-refractivity contribution in [2.45, 2.75) is 45.6 Å². The van der Waals surface area contributed by atoms with Crippen LogP contribution in [-0.2, 0) is 0 Å². The molecule has 0 unspecified atom stereocenters. The molecule has 4 N–H and O–H groups in total. The fourth-order valence-corrected chi connectivity index (χ4v) is 13.7. The van der Waals surface area contributed by atoms with Gasteiger partial charge in [-0.05, 0) is 160 Å². The fourth-order valence-electron chi connectivity index (χ4n) is 13.7. The summed E-state index contributed by atoms with van der Waals surface area (Å²) in [5.74, 6) is 1.18. The number of piperazine rings is 3. The van der Waals surface area contributed by atoms with Gasteiger partial charge < -0.3 is 50.0 Å². The number of imidazole rings is 3. The average Bonchev–Trinajstić information content (AvgIpc) is 1.46. The van der Waals surface area contributed by atoms with Crippen LogP contribution in [-0.4, -0.2) is 170 Å². The number of pyridine rings is 6. The van der Waals surface area contributed by atoms with Gasteiger partial charge in [0.2, 0.25) is 17.3 Å². The van der Waals surface area contributed by atoms with Gasteiger partial charge in [-0.3, -0.25) is 27.8 Å². The molecule has 4 fully saturated rings. The van der Waals surface area contributed by atoms with Gasteiger partial charge in [0.15, 0.2) is 16.9 Å². The highest BCUT2D eigenvalue weighted by Gasteiger charge is 2.28. The van der Waals surface area contributed by atoms with E-state index in [1.807, 2.05) is 77.8 Å². The van der Waals surface area contributed by atoms with Gasteiger partial charge in [-0.1, -0.05) is 20.3 Å². The Morgan fingerprint density at radius 1 is 0.439 bits per heavy atom. The van der Waals surface area contributed by atoms with E-state index < -0.39 is 0 Å². The Kier molecular flexibility index (Phi) is 19.9. The van der Waals surface area contributed by atoms with Crippen molar-refractivity contribution in [3.63, 3.8) is 0 Å². The number of anilines is 9. The van der Waals surface area contributed by atoms with E-state index in [0.717, 1.165) is 163 Å². The number of hydrogen-bond acceptors (Lipinski definition) is 17. The largest absolute Gasteiger partial charge is 0.481 e. The summed E-state index contributed by atoms with van der Waals surface area (Å²) in [4.78, 5) is 51.7. The molecule has 1 aliphatic carbocycles. The minimum atomic E-state index is -0.118. The summed E-state index contributed by atoms with van der Waals surface area (Å²) in [6.45, 7) is 20.2. The molecule has 4 aliphatic rings. The van der Waals surface area contributed by atoms with E-state index in [1.54, 1.807) is 45.1 Å². The number of nitrogens with zero attached hydrogens (tertiary/aromatic N) is 14. The van der Waals surface area contributed by atoms with Gasteiger partial charge in [0.1, 0.15) is 0 Å². The number of likely N-dealkylation sites (N-methyl/N-ethyl adjacent to an activating group) is 1. The number of aromatic amines is 1. The average molecular weight is 1310 g/mol. The fraction of sp³-hybridized carbons (Fsp3) is 0.299. The molecule has 12 heterocycles. The summed E-state index contributed by atoms with van der Waals surface area (Å²) in [5, 5.41) is 10.6. The minimum Gasteiger partial charge on any atom is -0.481 e. The summed E-state index contributed by atoms with van der Waals surface area (Å²) in [5.41, 5.74) is 18.2. The third kappa shape index (κ3) is 14.7. The number of fused-ring (bicyclic) bond motifs is 3. The maximum atomic E-state index is 11.8. The molecule has 3 aromatic carbocycles. The summed E-state index contributed by atoms with van der Waals surface area (Å²) >= 11 is 0. The number of benzene rings is 3. The highest BCUT2D eigenvalue weighted by atomic mass is 16.5. The number of methoxy groups -OCH3 is 2. The highest BCUT2D eigenvalue weighted by Crippen LogP contribution is 2.34. The molecule has 0 atom stereocenters. The van der Waals surface area contributed by atoms with Crippen molar-refractivity contribution in [1.29, 1.82) is 0 Å². The molecule has 21 nitrogen and oxygen atoms in total. The molecule has 3 saturated heterocycles. The quantitative estimate of drug-likeness (QED) is 0.0635. The second-order valence-electron chi connectivity index (χ2n) is 25.2. The van der Waals surface area contributed by atoms with E-state index in [4.69, 9.17) is 9.47 Å². The van der Waals surface area contributed by atoms with Gasteiger partial charge in [0.05, 0.1) is 48.4 Å². The molecule has 16 rings (SSSR count). The van der Waals surface area contributed by atoms with Crippen LogP contribution in [0.3, 0.4) is 0 Å². The Bertz CT molecular complexity index is 4650. The molecule has 98 heavy (non-hydrogen) atoms. The topological polar surface area (TPSA) is 185 Å². The van der Waals surface area contributed by atoms with Crippen LogP contribution in [0.15, 0.2) is 206 Å². The zero-order valence-corrected chi connectivity index (χ0v) is 56.3. The third-order valence-corrected chi connectivity index (χ3v) is 19.4. The highest BCUT2D eigenvalue weighted by molar-refractivity contribution is 5.81. The number of hydrogen-bond donors (Lipinski definition) is 4. The van der Waals surface area contributed by atoms with E-state index in [-0.39, 0.29) is 5.56 Å². The van der Waals surface area contributed by atoms with Crippen molar-refractivity contribution in [3.8, 4) is 45.5 Å². The van der Waals surface area contributed by atoms with Crippen LogP contribution in [0.4, 0.5) is 51.2 Å². The standard InChI is InChI=1S/C26H28N6O.C26H30N6O.C25H28N6O/c33-25-18-19(10-11-27-25)24-9-8-23(26-28-12-13-32(24)26)29-20-4-6-22(7-5-20)31-16-14-30(15-17-31)21-2-1-3-21;1-3-13-30-15-17-31(18-16-30)22-6-4-21(5-7-22)29-23-8-9-24(32-14-12-28-26(23)32)20-10-11-27-25(19-20)33-2;1-3-29-14-16-30(17-15-29)21-6-4-20(5-7-21)28-22-8-9-23(31-13-12-27-25(22)31)19-10-11-26-24(18-19)32-2/h4-13,18,21,29H,1-3,14-17H2,(H,27,33);4-12,14,19,29H,3,13,15-18H2,1-2H3;4-13,18,28H,3,14-17H2,1-2H3. The third-order valence-electron chi connectivity index (χ3n) is 19.4. The maximum absolute atomic E-state index is 11.8.